The van der Waals surface area contributed by atoms with E-state index in [1.54, 1.807) is 12.1 Å². The van der Waals surface area contributed by atoms with Gasteiger partial charge in [-0.25, -0.2) is 9.80 Å². The molecule has 0 atom stereocenters. The molecule has 1 aliphatic rings. The summed E-state index contributed by atoms with van der Waals surface area (Å²) in [6, 6.07) is 7.23. The van der Waals surface area contributed by atoms with Crippen molar-refractivity contribution in [2.75, 3.05) is 11.9 Å². The molecule has 0 spiro atoms. The van der Waals surface area contributed by atoms with E-state index in [0.717, 1.165) is 10.6 Å². The zero-order valence-corrected chi connectivity index (χ0v) is 11.5. The first-order valence-electron chi connectivity index (χ1n) is 6.44. The Hall–Kier alpha value is -2.70. The van der Waals surface area contributed by atoms with Gasteiger partial charge in [-0.15, -0.1) is 0 Å². The fraction of sp³-hybridized carbons (Fsp3) is 0.286. The molecule has 2 amide bonds. The smallest absolute Gasteiger partial charge is 0.352 e. The molecule has 0 aromatic heterocycles. The van der Waals surface area contributed by atoms with Crippen LogP contribution < -0.4 is 5.32 Å². The van der Waals surface area contributed by atoms with Crippen LogP contribution in [0, 0.1) is 6.92 Å². The minimum atomic E-state index is -1.17. The molecular formula is C14H15N3O4. The van der Waals surface area contributed by atoms with Crippen molar-refractivity contribution in [3.05, 3.63) is 29.8 Å². The van der Waals surface area contributed by atoms with Crippen molar-refractivity contribution in [3.8, 4) is 0 Å². The van der Waals surface area contributed by atoms with Gasteiger partial charge in [0.2, 0.25) is 11.8 Å². The van der Waals surface area contributed by atoms with Gasteiger partial charge >= 0.3 is 5.97 Å². The molecule has 0 radical (unpaired) electrons. The van der Waals surface area contributed by atoms with E-state index in [0.29, 0.717) is 5.69 Å². The standard InChI is InChI=1S/C14H15N3O4/c1-9-4-2-3-5-10(9)15-12(18)8-17-13(19)7-6-11(16-17)14(20)21/h2-5H,6-8H2,1H3,(H,15,18)(H,20,21). The number of aryl methyl sites for hydroxylation is 1. The lowest BCUT2D eigenvalue weighted by Crippen LogP contribution is -2.39. The number of carboxylic acid groups (broad SMARTS) is 1. The number of carboxylic acids is 1. The molecule has 1 aromatic rings. The largest absolute Gasteiger partial charge is 0.477 e. The number of benzene rings is 1. The number of rotatable bonds is 4. The first-order chi connectivity index (χ1) is 9.97. The maximum atomic E-state index is 11.9. The van der Waals surface area contributed by atoms with E-state index in [2.05, 4.69) is 10.4 Å². The number of carbonyl (C=O) groups excluding carboxylic acids is 2. The molecule has 0 unspecified atom stereocenters. The number of aliphatic carboxylic acids is 1. The maximum Gasteiger partial charge on any atom is 0.352 e. The summed E-state index contributed by atoms with van der Waals surface area (Å²) in [5, 5.41) is 16.2. The highest BCUT2D eigenvalue weighted by molar-refractivity contribution is 6.36. The second kappa shape index (κ2) is 6.17. The van der Waals surface area contributed by atoms with Crippen LogP contribution in [0.1, 0.15) is 18.4 Å². The second-order valence-electron chi connectivity index (χ2n) is 4.67. The van der Waals surface area contributed by atoms with Crippen LogP contribution in [0.4, 0.5) is 5.69 Å². The molecule has 1 aromatic carbocycles. The molecule has 0 aliphatic carbocycles. The molecule has 2 rings (SSSR count). The van der Waals surface area contributed by atoms with E-state index in [1.807, 2.05) is 19.1 Å². The fourth-order valence-electron chi connectivity index (χ4n) is 1.92. The van der Waals surface area contributed by atoms with Gasteiger partial charge < -0.3 is 10.4 Å². The first-order valence-corrected chi connectivity index (χ1v) is 6.44. The summed E-state index contributed by atoms with van der Waals surface area (Å²) < 4.78 is 0. The predicted molar refractivity (Wildman–Crippen MR) is 75.8 cm³/mol. The Morgan fingerprint density at radius 1 is 1.33 bits per heavy atom. The Morgan fingerprint density at radius 3 is 2.71 bits per heavy atom. The quantitative estimate of drug-likeness (QED) is 0.863. The van der Waals surface area contributed by atoms with Crippen molar-refractivity contribution >= 4 is 29.2 Å². The number of hydrazone groups is 1. The van der Waals surface area contributed by atoms with Crippen LogP contribution in [0.25, 0.3) is 0 Å². The lowest BCUT2D eigenvalue weighted by atomic mass is 10.1. The van der Waals surface area contributed by atoms with Crippen LogP contribution in [0.3, 0.4) is 0 Å². The highest BCUT2D eigenvalue weighted by atomic mass is 16.4. The Morgan fingerprint density at radius 2 is 2.05 bits per heavy atom. The normalized spacial score (nSPS) is 14.6. The van der Waals surface area contributed by atoms with Gasteiger partial charge in [0, 0.05) is 18.5 Å². The molecule has 7 nitrogen and oxygen atoms in total. The van der Waals surface area contributed by atoms with Gasteiger partial charge in [0.15, 0.2) is 0 Å². The first kappa shape index (κ1) is 14.7. The average molecular weight is 289 g/mol. The number of anilines is 1. The SMILES string of the molecule is Cc1ccccc1NC(=O)CN1N=C(C(=O)O)CCC1=O. The van der Waals surface area contributed by atoms with Crippen LogP contribution in [-0.4, -0.2) is 40.2 Å². The lowest BCUT2D eigenvalue weighted by molar-refractivity contribution is -0.136. The van der Waals surface area contributed by atoms with Crippen molar-refractivity contribution in [1.29, 1.82) is 0 Å². The van der Waals surface area contributed by atoms with Crippen molar-refractivity contribution in [3.63, 3.8) is 0 Å². The third kappa shape index (κ3) is 3.65. The highest BCUT2D eigenvalue weighted by Gasteiger charge is 2.25. The minimum Gasteiger partial charge on any atom is -0.477 e. The number of nitrogens with zero attached hydrogens (tertiary/aromatic N) is 2. The van der Waals surface area contributed by atoms with Crippen molar-refractivity contribution in [2.45, 2.75) is 19.8 Å². The van der Waals surface area contributed by atoms with E-state index in [-0.39, 0.29) is 31.0 Å². The second-order valence-corrected chi connectivity index (χ2v) is 4.67. The lowest BCUT2D eigenvalue weighted by Gasteiger charge is -2.21. The summed E-state index contributed by atoms with van der Waals surface area (Å²) in [5.41, 5.74) is 1.43. The van der Waals surface area contributed by atoms with Crippen LogP contribution in [0.15, 0.2) is 29.4 Å². The number of amides is 2. The van der Waals surface area contributed by atoms with Crippen LogP contribution >= 0.6 is 0 Å². The summed E-state index contributed by atoms with van der Waals surface area (Å²) in [7, 11) is 0. The number of hydrogen-bond donors (Lipinski definition) is 2. The molecular weight excluding hydrogens is 274 g/mol. The number of nitrogens with one attached hydrogen (secondary N) is 1. The molecule has 0 bridgehead atoms. The Labute approximate surface area is 121 Å². The van der Waals surface area contributed by atoms with Gasteiger partial charge in [-0.1, -0.05) is 18.2 Å². The van der Waals surface area contributed by atoms with Crippen LogP contribution in [-0.2, 0) is 14.4 Å². The van der Waals surface area contributed by atoms with E-state index in [1.165, 1.54) is 0 Å². The van der Waals surface area contributed by atoms with E-state index < -0.39 is 11.9 Å². The van der Waals surface area contributed by atoms with Gasteiger partial charge in [0.05, 0.1) is 0 Å². The predicted octanol–water partition coefficient (Wildman–Crippen LogP) is 0.997. The van der Waals surface area contributed by atoms with Gasteiger partial charge in [0.1, 0.15) is 12.3 Å². The van der Waals surface area contributed by atoms with Crippen molar-refractivity contribution in [2.24, 2.45) is 5.10 Å². The number of para-hydroxylation sites is 1. The fourth-order valence-corrected chi connectivity index (χ4v) is 1.92. The summed E-state index contributed by atoms with van der Waals surface area (Å²) in [6.07, 6.45) is 0.132. The molecule has 7 heteroatoms. The maximum absolute atomic E-state index is 11.9. The summed E-state index contributed by atoms with van der Waals surface area (Å²) in [6.45, 7) is 1.55. The van der Waals surface area contributed by atoms with Crippen LogP contribution in [0.5, 0.6) is 0 Å². The third-order valence-corrected chi connectivity index (χ3v) is 3.06. The number of hydrogen-bond acceptors (Lipinski definition) is 4. The molecule has 0 saturated heterocycles. The minimum absolute atomic E-state index is 0.0444. The van der Waals surface area contributed by atoms with E-state index in [4.69, 9.17) is 5.11 Å². The summed E-state index contributed by atoms with van der Waals surface area (Å²) >= 11 is 0. The number of carbonyl (C=O) groups is 3. The van der Waals surface area contributed by atoms with Gasteiger partial charge in [-0.2, -0.15) is 5.10 Å². The van der Waals surface area contributed by atoms with E-state index >= 15 is 0 Å². The zero-order valence-electron chi connectivity index (χ0n) is 11.5. The molecule has 1 heterocycles. The monoisotopic (exact) mass is 289 g/mol. The Kier molecular flexibility index (Phi) is 4.32. The Bertz CT molecular complexity index is 624. The van der Waals surface area contributed by atoms with Crippen molar-refractivity contribution in [1.82, 2.24) is 5.01 Å². The Balaban J connectivity index is 2.05. The molecule has 0 saturated carbocycles. The molecule has 2 N–H and O–H groups in total. The van der Waals surface area contributed by atoms with E-state index in [9.17, 15) is 14.4 Å². The van der Waals surface area contributed by atoms with Gasteiger partial charge in [0.25, 0.3) is 0 Å². The molecule has 21 heavy (non-hydrogen) atoms. The molecule has 1 aliphatic heterocycles. The average Bonchev–Trinajstić information content (AvgIpc) is 2.43. The van der Waals surface area contributed by atoms with Crippen molar-refractivity contribution < 1.29 is 19.5 Å². The van der Waals surface area contributed by atoms with Crippen LogP contribution in [0.2, 0.25) is 0 Å². The topological polar surface area (TPSA) is 99.1 Å². The summed E-state index contributed by atoms with van der Waals surface area (Å²) in [5.74, 6) is -1.96. The molecule has 0 fully saturated rings. The summed E-state index contributed by atoms with van der Waals surface area (Å²) in [4.78, 5) is 34.5. The van der Waals surface area contributed by atoms with Gasteiger partial charge in [-0.3, -0.25) is 9.59 Å². The third-order valence-electron chi connectivity index (χ3n) is 3.06. The highest BCUT2D eigenvalue weighted by Crippen LogP contribution is 2.14. The van der Waals surface area contributed by atoms with Gasteiger partial charge in [-0.05, 0) is 18.6 Å². The zero-order chi connectivity index (χ0) is 15.4. The molecule has 110 valence electrons.